The lowest BCUT2D eigenvalue weighted by Gasteiger charge is -2.35. The molecule has 0 aliphatic carbocycles. The monoisotopic (exact) mass is 522 g/mol. The Kier molecular flexibility index (Phi) is 10.9. The van der Waals surface area contributed by atoms with Crippen LogP contribution in [0.25, 0.3) is 23.9 Å². The second-order valence-electron chi connectivity index (χ2n) is 10.0. The average molecular weight is 523 g/mol. The first-order valence-corrected chi connectivity index (χ1v) is 13.8. The first-order chi connectivity index (χ1) is 18.8. The molecule has 0 fully saturated rings. The second-order valence-corrected chi connectivity index (χ2v) is 10.0. The van der Waals surface area contributed by atoms with Crippen LogP contribution in [-0.4, -0.2) is 33.2 Å². The number of pyridine rings is 2. The number of benzene rings is 1. The van der Waals surface area contributed by atoms with Crippen molar-refractivity contribution in [1.29, 1.82) is 0 Å². The summed E-state index contributed by atoms with van der Waals surface area (Å²) >= 11 is 0. The molecule has 1 unspecified atom stereocenters. The number of aromatic nitrogens is 2. The maximum atomic E-state index is 11.7. The highest BCUT2D eigenvalue weighted by Gasteiger charge is 2.25. The van der Waals surface area contributed by atoms with Crippen LogP contribution >= 0.6 is 0 Å². The summed E-state index contributed by atoms with van der Waals surface area (Å²) in [6.07, 6.45) is 12.9. The van der Waals surface area contributed by atoms with Gasteiger partial charge in [0.25, 0.3) is 0 Å². The third-order valence-corrected chi connectivity index (χ3v) is 7.07. The van der Waals surface area contributed by atoms with Crippen molar-refractivity contribution >= 4 is 29.9 Å². The van der Waals surface area contributed by atoms with Crippen LogP contribution < -0.4 is 15.8 Å². The molecular weight excluding hydrogens is 480 g/mol. The molecular formula is C34H42N4O. The second kappa shape index (κ2) is 14.4. The van der Waals surface area contributed by atoms with E-state index in [0.29, 0.717) is 12.5 Å². The molecule has 4 rings (SSSR count). The van der Waals surface area contributed by atoms with Crippen LogP contribution in [0.15, 0.2) is 68.0 Å². The van der Waals surface area contributed by atoms with Crippen LogP contribution in [0.1, 0.15) is 56.7 Å². The van der Waals surface area contributed by atoms with Crippen LogP contribution in [0.5, 0.6) is 0 Å². The Morgan fingerprint density at radius 1 is 1.18 bits per heavy atom. The van der Waals surface area contributed by atoms with Gasteiger partial charge in [0.05, 0.1) is 5.69 Å². The Labute approximate surface area is 233 Å². The van der Waals surface area contributed by atoms with Crippen molar-refractivity contribution in [3.8, 4) is 11.3 Å². The van der Waals surface area contributed by atoms with E-state index in [0.717, 1.165) is 71.1 Å². The number of carbonyl (C=O) groups excluding carboxylic acids is 1. The molecule has 39 heavy (non-hydrogen) atoms. The molecule has 0 bridgehead atoms. The molecule has 1 aromatic carbocycles. The molecule has 0 saturated heterocycles. The number of rotatable bonds is 9. The van der Waals surface area contributed by atoms with Gasteiger partial charge < -0.3 is 5.32 Å². The van der Waals surface area contributed by atoms with E-state index in [9.17, 15) is 4.79 Å². The van der Waals surface area contributed by atoms with Crippen molar-refractivity contribution in [2.75, 3.05) is 11.9 Å². The summed E-state index contributed by atoms with van der Waals surface area (Å²) in [5.74, 6) is 1.15. The molecule has 0 amide bonds. The average Bonchev–Trinajstić information content (AvgIpc) is 2.94. The lowest BCUT2D eigenvalue weighted by Crippen LogP contribution is -2.40. The number of hydrogen-bond donors (Lipinski definition) is 1. The number of hydrogen-bond acceptors (Lipinski definition) is 5. The van der Waals surface area contributed by atoms with E-state index in [2.05, 4.69) is 91.0 Å². The SMILES string of the molecule is C=C/C=c1/cc(-c2cc(Nc3nccc4c3CCN(C(CC)CC(C)=O)C4)ccc2C)ncc1=C.C=CCC. The van der Waals surface area contributed by atoms with Gasteiger partial charge in [-0.2, -0.15) is 0 Å². The highest BCUT2D eigenvalue weighted by atomic mass is 16.1. The van der Waals surface area contributed by atoms with Crippen LogP contribution in [0.4, 0.5) is 11.5 Å². The lowest BCUT2D eigenvalue weighted by molar-refractivity contribution is -0.118. The Bertz CT molecular complexity index is 1430. The number of ketones is 1. The Morgan fingerprint density at radius 3 is 2.62 bits per heavy atom. The maximum absolute atomic E-state index is 11.7. The fourth-order valence-electron chi connectivity index (χ4n) is 4.84. The fraction of sp³-hybridized carbons (Fsp3) is 0.324. The van der Waals surface area contributed by atoms with Gasteiger partial charge in [-0.05, 0) is 78.9 Å². The van der Waals surface area contributed by atoms with Gasteiger partial charge in [0.15, 0.2) is 0 Å². The van der Waals surface area contributed by atoms with Gasteiger partial charge in [0, 0.05) is 54.8 Å². The number of carbonyl (C=O) groups is 1. The molecule has 204 valence electrons. The van der Waals surface area contributed by atoms with Crippen molar-refractivity contribution < 1.29 is 4.79 Å². The van der Waals surface area contributed by atoms with Crippen LogP contribution in [0, 0.1) is 6.92 Å². The largest absolute Gasteiger partial charge is 0.340 e. The molecule has 1 aliphatic rings. The molecule has 3 heterocycles. The van der Waals surface area contributed by atoms with Crippen molar-refractivity contribution in [1.82, 2.24) is 14.9 Å². The number of aryl methyl sites for hydroxylation is 1. The topological polar surface area (TPSA) is 58.1 Å². The van der Waals surface area contributed by atoms with E-state index < -0.39 is 0 Å². The summed E-state index contributed by atoms with van der Waals surface area (Å²) in [7, 11) is 0. The van der Waals surface area contributed by atoms with E-state index in [-0.39, 0.29) is 5.78 Å². The van der Waals surface area contributed by atoms with E-state index in [1.165, 1.54) is 11.1 Å². The maximum Gasteiger partial charge on any atom is 0.133 e. The van der Waals surface area contributed by atoms with Crippen molar-refractivity contribution in [2.45, 2.75) is 66.0 Å². The molecule has 3 aromatic rings. The number of Topliss-reactive ketones (excluding diaryl/α,β-unsaturated/α-hetero) is 1. The molecule has 0 radical (unpaired) electrons. The van der Waals surface area contributed by atoms with Gasteiger partial charge in [-0.15, -0.1) is 6.58 Å². The zero-order valence-corrected chi connectivity index (χ0v) is 24.0. The summed E-state index contributed by atoms with van der Waals surface area (Å²) in [5, 5.41) is 5.46. The molecule has 1 aliphatic heterocycles. The predicted molar refractivity (Wildman–Crippen MR) is 165 cm³/mol. The minimum Gasteiger partial charge on any atom is -0.340 e. The summed E-state index contributed by atoms with van der Waals surface area (Å²) in [4.78, 5) is 23.5. The molecule has 0 spiro atoms. The summed E-state index contributed by atoms with van der Waals surface area (Å²) in [6, 6.07) is 10.8. The number of anilines is 2. The Balaban J connectivity index is 0.000000983. The highest BCUT2D eigenvalue weighted by molar-refractivity contribution is 5.76. The molecule has 5 heteroatoms. The number of allylic oxidation sites excluding steroid dienone is 2. The van der Waals surface area contributed by atoms with Gasteiger partial charge in [0.2, 0.25) is 0 Å². The number of nitrogens with one attached hydrogen (secondary N) is 1. The number of nitrogens with zero attached hydrogens (tertiary/aromatic N) is 3. The summed E-state index contributed by atoms with van der Waals surface area (Å²) < 4.78 is 0. The van der Waals surface area contributed by atoms with E-state index in [4.69, 9.17) is 0 Å². The molecule has 0 saturated carbocycles. The molecule has 1 atom stereocenters. The van der Waals surface area contributed by atoms with Gasteiger partial charge in [0.1, 0.15) is 11.6 Å². The highest BCUT2D eigenvalue weighted by Crippen LogP contribution is 2.30. The van der Waals surface area contributed by atoms with E-state index >= 15 is 0 Å². The van der Waals surface area contributed by atoms with E-state index in [1.54, 1.807) is 19.2 Å². The van der Waals surface area contributed by atoms with Crippen LogP contribution in [0.3, 0.4) is 0 Å². The third-order valence-electron chi connectivity index (χ3n) is 7.07. The zero-order chi connectivity index (χ0) is 28.4. The fourth-order valence-corrected chi connectivity index (χ4v) is 4.84. The van der Waals surface area contributed by atoms with Crippen LogP contribution in [-0.2, 0) is 17.8 Å². The van der Waals surface area contributed by atoms with Gasteiger partial charge in [-0.1, -0.05) is 51.3 Å². The van der Waals surface area contributed by atoms with Gasteiger partial charge >= 0.3 is 0 Å². The third kappa shape index (κ3) is 7.84. The molecule has 5 nitrogen and oxygen atoms in total. The Morgan fingerprint density at radius 2 is 1.95 bits per heavy atom. The standard InChI is InChI=1S/C30H34N4O.C4H8/c1-6-8-23-16-29(32-18-21(23)4)28-17-25(10-9-20(28)3)33-30-27-12-14-34(19-24(27)11-13-31-30)26(7-2)15-22(5)35;1-3-4-2/h6,8-11,13,16-18,26H,1,4,7,12,14-15,19H2,2-3,5H3,(H,31,33);3H,1,4H2,2H3/b23-8-;. The van der Waals surface area contributed by atoms with E-state index in [1.807, 2.05) is 18.3 Å². The first-order valence-electron chi connectivity index (χ1n) is 13.8. The Hall–Kier alpha value is -3.83. The minimum absolute atomic E-state index is 0.253. The first kappa shape index (κ1) is 29.7. The zero-order valence-electron chi connectivity index (χ0n) is 24.0. The molecule has 1 N–H and O–H groups in total. The van der Waals surface area contributed by atoms with Gasteiger partial charge in [-0.3, -0.25) is 14.7 Å². The normalized spacial score (nSPS) is 14.0. The minimum atomic E-state index is 0.253. The smallest absolute Gasteiger partial charge is 0.133 e. The van der Waals surface area contributed by atoms with Crippen molar-refractivity contribution in [2.24, 2.45) is 0 Å². The van der Waals surface area contributed by atoms with Crippen LogP contribution in [0.2, 0.25) is 0 Å². The lowest BCUT2D eigenvalue weighted by atomic mass is 9.97. The summed E-state index contributed by atoms with van der Waals surface area (Å²) in [5.41, 5.74) is 6.64. The quantitative estimate of drug-likeness (QED) is 0.336. The van der Waals surface area contributed by atoms with Crippen molar-refractivity contribution in [3.05, 3.63) is 95.2 Å². The number of fused-ring (bicyclic) bond motifs is 1. The van der Waals surface area contributed by atoms with Crippen molar-refractivity contribution in [3.63, 3.8) is 0 Å². The summed E-state index contributed by atoms with van der Waals surface area (Å²) in [6.45, 7) is 21.1. The predicted octanol–water partition coefficient (Wildman–Crippen LogP) is 6.27. The van der Waals surface area contributed by atoms with Gasteiger partial charge in [-0.25, -0.2) is 4.98 Å². The molecule has 2 aromatic heterocycles.